The first kappa shape index (κ1) is 14.3. The van der Waals surface area contributed by atoms with Gasteiger partial charge in [0.15, 0.2) is 0 Å². The van der Waals surface area contributed by atoms with Gasteiger partial charge in [0.05, 0.1) is 11.3 Å². The molecular weight excluding hydrogens is 290 g/mol. The molecule has 0 bridgehead atoms. The highest BCUT2D eigenvalue weighted by molar-refractivity contribution is 7.99. The monoisotopic (exact) mass is 309 g/mol. The Balaban J connectivity index is 1.68. The average molecular weight is 310 g/mol. The minimum atomic E-state index is -0.0108. The van der Waals surface area contributed by atoms with Gasteiger partial charge in [-0.05, 0) is 24.5 Å². The molecule has 108 valence electrons. The third-order valence-corrected chi connectivity index (χ3v) is 5.98. The van der Waals surface area contributed by atoms with E-state index in [1.54, 1.807) is 11.8 Å². The fourth-order valence-electron chi connectivity index (χ4n) is 3.09. The maximum atomic E-state index is 12.6. The number of carbonyl (C=O) groups excluding carboxylic acids is 1. The summed E-state index contributed by atoms with van der Waals surface area (Å²) in [6.07, 6.45) is 5.62. The molecule has 1 aromatic carbocycles. The third-order valence-electron chi connectivity index (χ3n) is 4.28. The lowest BCUT2D eigenvalue weighted by molar-refractivity contribution is -0.122. The van der Waals surface area contributed by atoms with E-state index in [0.29, 0.717) is 0 Å². The van der Waals surface area contributed by atoms with E-state index in [9.17, 15) is 4.79 Å². The number of carbonyl (C=O) groups is 1. The predicted molar refractivity (Wildman–Crippen MR) is 84.6 cm³/mol. The van der Waals surface area contributed by atoms with E-state index < -0.39 is 0 Å². The largest absolute Gasteiger partial charge is 0.351 e. The molecule has 0 aromatic heterocycles. The second kappa shape index (κ2) is 6.40. The summed E-state index contributed by atoms with van der Waals surface area (Å²) in [5.74, 6) is 0.994. The zero-order valence-corrected chi connectivity index (χ0v) is 13.1. The molecule has 1 aliphatic heterocycles. The molecule has 4 heteroatoms. The molecule has 1 aliphatic carbocycles. The Hall–Kier alpha value is -0.670. The van der Waals surface area contributed by atoms with Gasteiger partial charge in [0.1, 0.15) is 0 Å². The van der Waals surface area contributed by atoms with Crippen LogP contribution in [0.5, 0.6) is 0 Å². The molecule has 20 heavy (non-hydrogen) atoms. The maximum absolute atomic E-state index is 12.6. The number of nitrogens with one attached hydrogen (secondary N) is 1. The summed E-state index contributed by atoms with van der Waals surface area (Å²) in [7, 11) is 0. The first-order chi connectivity index (χ1) is 9.75. The topological polar surface area (TPSA) is 29.1 Å². The summed E-state index contributed by atoms with van der Waals surface area (Å²) in [5.41, 5.74) is 1.18. The number of rotatable bonds is 2. The van der Waals surface area contributed by atoms with E-state index >= 15 is 0 Å². The summed E-state index contributed by atoms with van der Waals surface area (Å²) in [5, 5.41) is 3.30. The van der Waals surface area contributed by atoms with Gasteiger partial charge in [-0.15, -0.1) is 23.4 Å². The zero-order valence-electron chi connectivity index (χ0n) is 11.5. The van der Waals surface area contributed by atoms with Crippen molar-refractivity contribution in [2.75, 3.05) is 5.75 Å². The molecule has 1 heterocycles. The molecule has 0 radical (unpaired) electrons. The Morgan fingerprint density at radius 2 is 2.00 bits per heavy atom. The Morgan fingerprint density at radius 3 is 2.90 bits per heavy atom. The van der Waals surface area contributed by atoms with Crippen molar-refractivity contribution < 1.29 is 4.79 Å². The first-order valence-corrected chi connectivity index (χ1v) is 8.84. The van der Waals surface area contributed by atoms with Crippen LogP contribution in [0.4, 0.5) is 0 Å². The molecule has 1 amide bonds. The van der Waals surface area contributed by atoms with E-state index in [2.05, 4.69) is 17.4 Å². The van der Waals surface area contributed by atoms with Crippen LogP contribution in [0.15, 0.2) is 29.2 Å². The van der Waals surface area contributed by atoms with E-state index in [-0.39, 0.29) is 23.2 Å². The van der Waals surface area contributed by atoms with Crippen LogP contribution in [0.2, 0.25) is 0 Å². The molecule has 1 saturated carbocycles. The molecule has 1 aromatic rings. The first-order valence-electron chi connectivity index (χ1n) is 7.42. The van der Waals surface area contributed by atoms with E-state index in [0.717, 1.165) is 18.6 Å². The predicted octanol–water partition coefficient (Wildman–Crippen LogP) is 3.93. The van der Waals surface area contributed by atoms with E-state index in [1.807, 2.05) is 12.1 Å². The molecule has 3 rings (SSSR count). The van der Waals surface area contributed by atoms with Crippen molar-refractivity contribution >= 4 is 29.3 Å². The van der Waals surface area contributed by atoms with Gasteiger partial charge >= 0.3 is 0 Å². The Morgan fingerprint density at radius 1 is 1.20 bits per heavy atom. The van der Waals surface area contributed by atoms with Crippen molar-refractivity contribution in [3.05, 3.63) is 29.8 Å². The van der Waals surface area contributed by atoms with Crippen LogP contribution in [0.25, 0.3) is 0 Å². The van der Waals surface area contributed by atoms with Gasteiger partial charge < -0.3 is 5.32 Å². The fourth-order valence-corrected chi connectivity index (χ4v) is 4.66. The van der Waals surface area contributed by atoms with Gasteiger partial charge in [-0.1, -0.05) is 37.5 Å². The van der Waals surface area contributed by atoms with Gasteiger partial charge in [0, 0.05) is 16.7 Å². The lowest BCUT2D eigenvalue weighted by Gasteiger charge is -2.23. The second-order valence-corrected chi connectivity index (χ2v) is 7.29. The van der Waals surface area contributed by atoms with Crippen LogP contribution < -0.4 is 5.32 Å². The molecule has 3 atom stereocenters. The van der Waals surface area contributed by atoms with Crippen molar-refractivity contribution in [1.29, 1.82) is 0 Å². The highest BCUT2D eigenvalue weighted by Crippen LogP contribution is 2.39. The van der Waals surface area contributed by atoms with Gasteiger partial charge in [0.2, 0.25) is 5.91 Å². The summed E-state index contributed by atoms with van der Waals surface area (Å²) in [6, 6.07) is 8.37. The molecule has 1 N–H and O–H groups in total. The normalized spacial score (nSPS) is 29.6. The fraction of sp³-hybridized carbons (Fsp3) is 0.562. The van der Waals surface area contributed by atoms with E-state index in [1.165, 1.54) is 29.7 Å². The molecule has 0 spiro atoms. The number of halogens is 1. The van der Waals surface area contributed by atoms with Gasteiger partial charge in [-0.2, -0.15) is 0 Å². The number of hydrogen-bond donors (Lipinski definition) is 1. The molecule has 2 aliphatic rings. The van der Waals surface area contributed by atoms with Gasteiger partial charge in [-0.3, -0.25) is 4.79 Å². The third kappa shape index (κ3) is 2.99. The second-order valence-electron chi connectivity index (χ2n) is 5.67. The number of hydrogen-bond acceptors (Lipinski definition) is 2. The average Bonchev–Trinajstić information content (AvgIpc) is 2.79. The molecule has 2 nitrogen and oxygen atoms in total. The number of thioether (sulfide) groups is 1. The van der Waals surface area contributed by atoms with Gasteiger partial charge in [-0.25, -0.2) is 0 Å². The summed E-state index contributed by atoms with van der Waals surface area (Å²) in [6.45, 7) is 0. The van der Waals surface area contributed by atoms with Crippen LogP contribution >= 0.6 is 23.4 Å². The molecule has 3 unspecified atom stereocenters. The summed E-state index contributed by atoms with van der Waals surface area (Å²) < 4.78 is 0. The van der Waals surface area contributed by atoms with Crippen LogP contribution in [0.1, 0.15) is 43.6 Å². The van der Waals surface area contributed by atoms with Crippen LogP contribution in [0, 0.1) is 0 Å². The maximum Gasteiger partial charge on any atom is 0.228 e. The standard InChI is InChI=1S/C16H20ClNOS/c17-13-7-2-1-3-8-14(13)18-16(19)12-10-20-15-9-5-4-6-11(12)15/h4-6,9,12-14H,1-3,7-8,10H2,(H,18,19). The Labute approximate surface area is 129 Å². The highest BCUT2D eigenvalue weighted by Gasteiger charge is 2.31. The van der Waals surface area contributed by atoms with Crippen molar-refractivity contribution in [3.8, 4) is 0 Å². The van der Waals surface area contributed by atoms with Crippen molar-refractivity contribution in [2.24, 2.45) is 0 Å². The number of alkyl halides is 1. The Bertz CT molecular complexity index is 493. The zero-order chi connectivity index (χ0) is 13.9. The Kier molecular flexibility index (Phi) is 4.57. The van der Waals surface area contributed by atoms with Crippen molar-refractivity contribution in [3.63, 3.8) is 0 Å². The SMILES string of the molecule is O=C(NC1CCCCCC1Cl)C1CSc2ccccc21. The lowest BCUT2D eigenvalue weighted by atomic mass is 9.99. The van der Waals surface area contributed by atoms with Crippen LogP contribution in [-0.4, -0.2) is 23.1 Å². The van der Waals surface area contributed by atoms with E-state index in [4.69, 9.17) is 11.6 Å². The smallest absolute Gasteiger partial charge is 0.228 e. The molecule has 0 saturated heterocycles. The van der Waals surface area contributed by atoms with Crippen molar-refractivity contribution in [2.45, 2.75) is 54.3 Å². The van der Waals surface area contributed by atoms with Crippen LogP contribution in [-0.2, 0) is 4.79 Å². The minimum Gasteiger partial charge on any atom is -0.351 e. The number of benzene rings is 1. The molecular formula is C16H20ClNOS. The van der Waals surface area contributed by atoms with Crippen LogP contribution in [0.3, 0.4) is 0 Å². The van der Waals surface area contributed by atoms with Gasteiger partial charge in [0.25, 0.3) is 0 Å². The summed E-state index contributed by atoms with van der Waals surface area (Å²) in [4.78, 5) is 13.8. The number of fused-ring (bicyclic) bond motifs is 1. The lowest BCUT2D eigenvalue weighted by Crippen LogP contribution is -2.42. The minimum absolute atomic E-state index is 0.0108. The highest BCUT2D eigenvalue weighted by atomic mass is 35.5. The quantitative estimate of drug-likeness (QED) is 0.662. The molecule has 1 fully saturated rings. The number of amides is 1. The van der Waals surface area contributed by atoms with Crippen molar-refractivity contribution in [1.82, 2.24) is 5.32 Å². The summed E-state index contributed by atoms with van der Waals surface area (Å²) >= 11 is 8.20.